The van der Waals surface area contributed by atoms with Gasteiger partial charge in [-0.05, 0) is 19.3 Å². The van der Waals surface area contributed by atoms with Gasteiger partial charge < -0.3 is 14.6 Å². The van der Waals surface area contributed by atoms with Crippen molar-refractivity contribution in [3.8, 4) is 0 Å². The van der Waals surface area contributed by atoms with E-state index in [2.05, 4.69) is 20.1 Å². The van der Waals surface area contributed by atoms with E-state index in [-0.39, 0.29) is 6.61 Å². The molecule has 0 saturated heterocycles. The summed E-state index contributed by atoms with van der Waals surface area (Å²) in [6, 6.07) is 0. The summed E-state index contributed by atoms with van der Waals surface area (Å²) in [6.07, 6.45) is 18.4. The maximum Gasteiger partial charge on any atom is 0.0873 e. The van der Waals surface area contributed by atoms with Gasteiger partial charge in [-0.15, -0.1) is 0 Å². The van der Waals surface area contributed by atoms with Crippen LogP contribution in [0, 0.1) is 0 Å². The van der Waals surface area contributed by atoms with Gasteiger partial charge in [-0.3, -0.25) is 0 Å². The predicted molar refractivity (Wildman–Crippen MR) is 100 cm³/mol. The molecule has 0 radical (unpaired) electrons. The first-order valence-corrected chi connectivity index (χ1v) is 9.39. The number of hydrogen-bond acceptors (Lipinski definition) is 3. The molecule has 0 atom stereocenters. The second-order valence-corrected chi connectivity index (χ2v) is 5.69. The zero-order valence-electron chi connectivity index (χ0n) is 15.4. The molecular formula is C20H40O3. The molecule has 0 aromatic heterocycles. The summed E-state index contributed by atoms with van der Waals surface area (Å²) in [5.74, 6) is 0. The summed E-state index contributed by atoms with van der Waals surface area (Å²) in [7, 11) is 0. The summed E-state index contributed by atoms with van der Waals surface area (Å²) in [4.78, 5) is 0. The average molecular weight is 329 g/mol. The molecule has 0 fully saturated rings. The molecule has 0 amide bonds. The van der Waals surface area contributed by atoms with Gasteiger partial charge in [-0.2, -0.15) is 0 Å². The minimum Gasteiger partial charge on any atom is -0.502 e. The fourth-order valence-electron chi connectivity index (χ4n) is 2.14. The Balaban J connectivity index is 0. The van der Waals surface area contributed by atoms with Gasteiger partial charge in [-0.25, -0.2) is 0 Å². The van der Waals surface area contributed by atoms with Crippen molar-refractivity contribution in [2.24, 2.45) is 0 Å². The highest BCUT2D eigenvalue weighted by molar-refractivity contribution is 4.50. The smallest absolute Gasteiger partial charge is 0.0873 e. The second kappa shape index (κ2) is 26.0. The summed E-state index contributed by atoms with van der Waals surface area (Å²) in [6.45, 7) is 10.9. The molecule has 0 aliphatic carbocycles. The van der Waals surface area contributed by atoms with Crippen molar-refractivity contribution >= 4 is 0 Å². The van der Waals surface area contributed by atoms with Crippen LogP contribution < -0.4 is 0 Å². The molecule has 0 heterocycles. The summed E-state index contributed by atoms with van der Waals surface area (Å²) in [5, 5.41) is 8.28. The Morgan fingerprint density at radius 1 is 0.652 bits per heavy atom. The Hall–Kier alpha value is -0.960. The minimum atomic E-state index is 0.250. The number of aliphatic hydroxyl groups is 1. The normalized spacial score (nSPS) is 9.65. The Morgan fingerprint density at radius 3 is 1.43 bits per heavy atom. The van der Waals surface area contributed by atoms with Crippen LogP contribution in [0.2, 0.25) is 0 Å². The van der Waals surface area contributed by atoms with Crippen LogP contribution in [0.4, 0.5) is 0 Å². The number of hydrogen-bond donors (Lipinski definition) is 1. The van der Waals surface area contributed by atoms with Crippen LogP contribution in [0.3, 0.4) is 0 Å². The molecule has 0 unspecified atom stereocenters. The Kier molecular flexibility index (Phi) is 27.4. The lowest BCUT2D eigenvalue weighted by Crippen LogP contribution is -1.89. The summed E-state index contributed by atoms with van der Waals surface area (Å²) < 4.78 is 9.86. The highest BCUT2D eigenvalue weighted by atomic mass is 16.5. The van der Waals surface area contributed by atoms with Crippen LogP contribution >= 0.6 is 0 Å². The van der Waals surface area contributed by atoms with Crippen molar-refractivity contribution in [2.45, 2.75) is 84.0 Å². The van der Waals surface area contributed by atoms with Gasteiger partial charge in [-0.1, -0.05) is 77.9 Å². The third kappa shape index (κ3) is 29.6. The molecule has 3 heteroatoms. The monoisotopic (exact) mass is 328 g/mol. The van der Waals surface area contributed by atoms with Crippen molar-refractivity contribution in [1.29, 1.82) is 0 Å². The topological polar surface area (TPSA) is 38.7 Å². The van der Waals surface area contributed by atoms with Gasteiger partial charge >= 0.3 is 0 Å². The van der Waals surface area contributed by atoms with E-state index in [0.29, 0.717) is 6.61 Å². The molecule has 23 heavy (non-hydrogen) atoms. The second-order valence-electron chi connectivity index (χ2n) is 5.69. The maximum atomic E-state index is 8.28. The molecule has 3 nitrogen and oxygen atoms in total. The molecule has 138 valence electrons. The largest absolute Gasteiger partial charge is 0.502 e. The zero-order chi connectivity index (χ0) is 17.4. The van der Waals surface area contributed by atoms with E-state index in [1.54, 1.807) is 0 Å². The molecule has 0 aromatic carbocycles. The minimum absolute atomic E-state index is 0.250. The lowest BCUT2D eigenvalue weighted by molar-refractivity contribution is 0.220. The molecule has 1 N–H and O–H groups in total. The van der Waals surface area contributed by atoms with Gasteiger partial charge in [0.25, 0.3) is 0 Å². The van der Waals surface area contributed by atoms with E-state index < -0.39 is 0 Å². The quantitative estimate of drug-likeness (QED) is 0.263. The first-order valence-electron chi connectivity index (χ1n) is 9.39. The molecule has 0 aliphatic rings. The van der Waals surface area contributed by atoms with Gasteiger partial charge in [0.15, 0.2) is 0 Å². The van der Waals surface area contributed by atoms with Gasteiger partial charge in [0.1, 0.15) is 0 Å². The third-order valence-corrected chi connectivity index (χ3v) is 3.52. The van der Waals surface area contributed by atoms with E-state index in [9.17, 15) is 0 Å². The van der Waals surface area contributed by atoms with Crippen molar-refractivity contribution in [2.75, 3.05) is 19.8 Å². The van der Waals surface area contributed by atoms with Crippen LogP contribution in [-0.2, 0) is 9.47 Å². The molecule has 0 spiro atoms. The van der Waals surface area contributed by atoms with Gasteiger partial charge in [0.05, 0.1) is 25.7 Å². The highest BCUT2D eigenvalue weighted by Gasteiger charge is 1.92. The lowest BCUT2D eigenvalue weighted by atomic mass is 10.1. The predicted octanol–water partition coefficient (Wildman–Crippen LogP) is 5.99. The molecule has 0 bridgehead atoms. The van der Waals surface area contributed by atoms with Crippen LogP contribution in [0.1, 0.15) is 84.0 Å². The van der Waals surface area contributed by atoms with Crippen LogP contribution in [0.15, 0.2) is 25.7 Å². The number of rotatable bonds is 17. The number of aliphatic hydroxyl groups excluding tert-OH is 1. The van der Waals surface area contributed by atoms with E-state index >= 15 is 0 Å². The van der Waals surface area contributed by atoms with Crippen LogP contribution in [0.5, 0.6) is 0 Å². The van der Waals surface area contributed by atoms with Crippen LogP contribution in [-0.4, -0.2) is 24.9 Å². The Labute approximate surface area is 144 Å². The molecule has 0 rings (SSSR count). The Bertz CT molecular complexity index is 217. The van der Waals surface area contributed by atoms with Gasteiger partial charge in [0.2, 0.25) is 0 Å². The van der Waals surface area contributed by atoms with E-state index in [0.717, 1.165) is 19.4 Å². The van der Waals surface area contributed by atoms with Crippen LogP contribution in [0.25, 0.3) is 0 Å². The zero-order valence-corrected chi connectivity index (χ0v) is 15.4. The van der Waals surface area contributed by atoms with E-state index in [1.165, 1.54) is 76.7 Å². The first-order chi connectivity index (χ1) is 11.3. The van der Waals surface area contributed by atoms with E-state index in [1.807, 2.05) is 0 Å². The number of unbranched alkanes of at least 4 members (excludes halogenated alkanes) is 10. The summed E-state index contributed by atoms with van der Waals surface area (Å²) in [5.41, 5.74) is 0. The highest BCUT2D eigenvalue weighted by Crippen LogP contribution is 2.10. The Morgan fingerprint density at radius 2 is 1.04 bits per heavy atom. The molecule has 0 saturated carbocycles. The van der Waals surface area contributed by atoms with E-state index in [4.69, 9.17) is 14.6 Å². The SMILES string of the molecule is C=COCCCCCCCCCCCC.C=COCCCCO. The third-order valence-electron chi connectivity index (χ3n) is 3.52. The first kappa shape index (κ1) is 24.3. The average Bonchev–Trinajstić information content (AvgIpc) is 2.57. The maximum absolute atomic E-state index is 8.28. The fourth-order valence-corrected chi connectivity index (χ4v) is 2.14. The van der Waals surface area contributed by atoms with Crippen molar-refractivity contribution in [3.63, 3.8) is 0 Å². The summed E-state index contributed by atoms with van der Waals surface area (Å²) >= 11 is 0. The van der Waals surface area contributed by atoms with Crippen molar-refractivity contribution in [1.82, 2.24) is 0 Å². The van der Waals surface area contributed by atoms with Crippen molar-refractivity contribution < 1.29 is 14.6 Å². The lowest BCUT2D eigenvalue weighted by Gasteiger charge is -2.02. The molecular weight excluding hydrogens is 288 g/mol. The standard InChI is InChI=1S/C14H28O.C6H12O2/c1-3-5-6-7-8-9-10-11-12-13-14-15-4-2;1-2-8-6-4-3-5-7/h4H,2-3,5-14H2,1H3;2,7H,1,3-6H2. The molecule has 0 aromatic rings. The molecule has 0 aliphatic heterocycles. The van der Waals surface area contributed by atoms with Crippen molar-refractivity contribution in [3.05, 3.63) is 25.7 Å². The fraction of sp³-hybridized carbons (Fsp3) is 0.800. The number of ether oxygens (including phenoxy) is 2. The van der Waals surface area contributed by atoms with Gasteiger partial charge in [0, 0.05) is 6.61 Å².